The summed E-state index contributed by atoms with van der Waals surface area (Å²) in [7, 11) is 1.65. The highest BCUT2D eigenvalue weighted by atomic mass is 16.5. The molecule has 4 heteroatoms. The second-order valence-corrected chi connectivity index (χ2v) is 4.62. The number of hydrogen-bond donors (Lipinski definition) is 1. The van der Waals surface area contributed by atoms with Crippen LogP contribution in [0.2, 0.25) is 0 Å². The number of hydrogen-bond acceptors (Lipinski definition) is 3. The van der Waals surface area contributed by atoms with Gasteiger partial charge in [0.2, 0.25) is 5.91 Å². The van der Waals surface area contributed by atoms with E-state index in [1.54, 1.807) is 7.11 Å². The fourth-order valence-corrected chi connectivity index (χ4v) is 1.93. The maximum atomic E-state index is 12.3. The van der Waals surface area contributed by atoms with Gasteiger partial charge in [0, 0.05) is 20.2 Å². The van der Waals surface area contributed by atoms with Crippen molar-refractivity contribution in [2.45, 2.75) is 19.8 Å². The van der Waals surface area contributed by atoms with Gasteiger partial charge in [-0.2, -0.15) is 0 Å². The molecule has 0 saturated heterocycles. The Labute approximate surface area is 115 Å². The van der Waals surface area contributed by atoms with Gasteiger partial charge in [0.25, 0.3) is 0 Å². The van der Waals surface area contributed by atoms with Crippen LogP contribution in [0.3, 0.4) is 0 Å². The number of nitrogens with two attached hydrogens (primary N) is 1. The van der Waals surface area contributed by atoms with Crippen molar-refractivity contribution in [2.24, 2.45) is 5.73 Å². The summed E-state index contributed by atoms with van der Waals surface area (Å²) < 4.78 is 5.05. The fourth-order valence-electron chi connectivity index (χ4n) is 1.93. The van der Waals surface area contributed by atoms with Crippen molar-refractivity contribution in [1.29, 1.82) is 0 Å². The molecule has 0 aliphatic heterocycles. The van der Waals surface area contributed by atoms with E-state index in [4.69, 9.17) is 10.5 Å². The molecule has 0 fully saturated rings. The van der Waals surface area contributed by atoms with Crippen molar-refractivity contribution in [3.05, 3.63) is 35.4 Å². The number of nitrogens with zero attached hydrogens (tertiary/aromatic N) is 1. The van der Waals surface area contributed by atoms with Crippen LogP contribution >= 0.6 is 0 Å². The summed E-state index contributed by atoms with van der Waals surface area (Å²) in [4.78, 5) is 14.1. The fraction of sp³-hybridized carbons (Fsp3) is 0.533. The summed E-state index contributed by atoms with van der Waals surface area (Å²) in [5, 5.41) is 0. The number of benzene rings is 1. The van der Waals surface area contributed by atoms with E-state index >= 15 is 0 Å². The molecule has 0 aromatic heterocycles. The monoisotopic (exact) mass is 264 g/mol. The molecule has 4 nitrogen and oxygen atoms in total. The maximum Gasteiger partial charge on any atom is 0.227 e. The van der Waals surface area contributed by atoms with E-state index in [1.165, 1.54) is 0 Å². The standard InChI is InChI=1S/C15H24N2O2/c1-13-6-3-4-7-14(13)12-15(18)17(9-5-8-16)10-11-19-2/h3-4,6-7H,5,8-12,16H2,1-2H3. The van der Waals surface area contributed by atoms with Crippen LogP contribution in [0.4, 0.5) is 0 Å². The number of carbonyl (C=O) groups is 1. The molecule has 0 atom stereocenters. The number of amides is 1. The van der Waals surface area contributed by atoms with Gasteiger partial charge >= 0.3 is 0 Å². The Bertz CT molecular complexity index is 385. The van der Waals surface area contributed by atoms with Gasteiger partial charge in [0.1, 0.15) is 0 Å². The van der Waals surface area contributed by atoms with Crippen LogP contribution in [0.5, 0.6) is 0 Å². The number of ether oxygens (including phenoxy) is 1. The van der Waals surface area contributed by atoms with Crippen LogP contribution in [-0.4, -0.2) is 44.2 Å². The Kier molecular flexibility index (Phi) is 7.15. The Morgan fingerprint density at radius 1 is 1.32 bits per heavy atom. The van der Waals surface area contributed by atoms with E-state index in [9.17, 15) is 4.79 Å². The van der Waals surface area contributed by atoms with Crippen LogP contribution in [0.15, 0.2) is 24.3 Å². The lowest BCUT2D eigenvalue weighted by Gasteiger charge is -2.22. The van der Waals surface area contributed by atoms with E-state index < -0.39 is 0 Å². The quantitative estimate of drug-likeness (QED) is 0.771. The first kappa shape index (κ1) is 15.7. The minimum Gasteiger partial charge on any atom is -0.383 e. The zero-order valence-electron chi connectivity index (χ0n) is 11.9. The number of methoxy groups -OCH3 is 1. The summed E-state index contributed by atoms with van der Waals surface area (Å²) in [6.45, 7) is 4.51. The lowest BCUT2D eigenvalue weighted by Crippen LogP contribution is -2.36. The highest BCUT2D eigenvalue weighted by Gasteiger charge is 2.14. The molecule has 1 rings (SSSR count). The minimum absolute atomic E-state index is 0.139. The zero-order chi connectivity index (χ0) is 14.1. The zero-order valence-corrected chi connectivity index (χ0v) is 11.9. The molecule has 0 radical (unpaired) electrons. The summed E-state index contributed by atoms with van der Waals surface area (Å²) in [5.74, 6) is 0.139. The van der Waals surface area contributed by atoms with E-state index in [1.807, 2.05) is 36.1 Å². The van der Waals surface area contributed by atoms with Gasteiger partial charge < -0.3 is 15.4 Å². The van der Waals surface area contributed by atoms with E-state index in [0.717, 1.165) is 17.5 Å². The molecule has 19 heavy (non-hydrogen) atoms. The van der Waals surface area contributed by atoms with Gasteiger partial charge in [0.05, 0.1) is 13.0 Å². The molecule has 1 aromatic rings. The number of rotatable bonds is 8. The molecule has 0 heterocycles. The Balaban J connectivity index is 2.62. The first-order valence-electron chi connectivity index (χ1n) is 6.70. The highest BCUT2D eigenvalue weighted by molar-refractivity contribution is 5.79. The first-order chi connectivity index (χ1) is 9.19. The highest BCUT2D eigenvalue weighted by Crippen LogP contribution is 2.09. The van der Waals surface area contributed by atoms with Gasteiger partial charge in [-0.05, 0) is 31.0 Å². The van der Waals surface area contributed by atoms with Gasteiger partial charge in [-0.25, -0.2) is 0 Å². The maximum absolute atomic E-state index is 12.3. The molecule has 1 aromatic carbocycles. The van der Waals surface area contributed by atoms with E-state index in [2.05, 4.69) is 0 Å². The predicted octanol–water partition coefficient (Wildman–Crippen LogP) is 1.36. The molecule has 0 aliphatic carbocycles. The molecule has 2 N–H and O–H groups in total. The molecular formula is C15H24N2O2. The third-order valence-electron chi connectivity index (χ3n) is 3.15. The number of carbonyl (C=O) groups excluding carboxylic acids is 1. The summed E-state index contributed by atoms with van der Waals surface area (Å²) in [6, 6.07) is 7.99. The summed E-state index contributed by atoms with van der Waals surface area (Å²) in [5.41, 5.74) is 7.75. The molecule has 0 spiro atoms. The third kappa shape index (κ3) is 5.41. The summed E-state index contributed by atoms with van der Waals surface area (Å²) >= 11 is 0. The van der Waals surface area contributed by atoms with Crippen LogP contribution in [0, 0.1) is 6.92 Å². The van der Waals surface area contributed by atoms with Gasteiger partial charge in [0.15, 0.2) is 0 Å². The van der Waals surface area contributed by atoms with Crippen LogP contribution in [0.1, 0.15) is 17.5 Å². The smallest absolute Gasteiger partial charge is 0.227 e. The molecule has 1 amide bonds. The molecule has 0 bridgehead atoms. The van der Waals surface area contributed by atoms with Crippen LogP contribution in [-0.2, 0) is 16.0 Å². The average Bonchev–Trinajstić information content (AvgIpc) is 2.41. The van der Waals surface area contributed by atoms with Crippen molar-refractivity contribution in [2.75, 3.05) is 33.4 Å². The van der Waals surface area contributed by atoms with Gasteiger partial charge in [-0.3, -0.25) is 4.79 Å². The Morgan fingerprint density at radius 3 is 2.68 bits per heavy atom. The van der Waals surface area contributed by atoms with Crippen molar-refractivity contribution in [3.63, 3.8) is 0 Å². The molecule has 0 unspecified atom stereocenters. The Hall–Kier alpha value is -1.39. The van der Waals surface area contributed by atoms with Crippen molar-refractivity contribution in [1.82, 2.24) is 4.90 Å². The van der Waals surface area contributed by atoms with Crippen molar-refractivity contribution >= 4 is 5.91 Å². The normalized spacial score (nSPS) is 10.5. The number of aryl methyl sites for hydroxylation is 1. The molecular weight excluding hydrogens is 240 g/mol. The Morgan fingerprint density at radius 2 is 2.05 bits per heavy atom. The van der Waals surface area contributed by atoms with Gasteiger partial charge in [-0.15, -0.1) is 0 Å². The topological polar surface area (TPSA) is 55.6 Å². The SMILES string of the molecule is COCCN(CCCN)C(=O)Cc1ccccc1C. The van der Waals surface area contributed by atoms with E-state index in [0.29, 0.717) is 32.7 Å². The second-order valence-electron chi connectivity index (χ2n) is 4.62. The van der Waals surface area contributed by atoms with Crippen LogP contribution in [0.25, 0.3) is 0 Å². The first-order valence-corrected chi connectivity index (χ1v) is 6.70. The lowest BCUT2D eigenvalue weighted by atomic mass is 10.1. The summed E-state index contributed by atoms with van der Waals surface area (Å²) in [6.07, 6.45) is 1.27. The molecule has 0 aliphatic rings. The predicted molar refractivity (Wildman–Crippen MR) is 77.0 cm³/mol. The average molecular weight is 264 g/mol. The van der Waals surface area contributed by atoms with Crippen LogP contribution < -0.4 is 5.73 Å². The minimum atomic E-state index is 0.139. The second kappa shape index (κ2) is 8.67. The van der Waals surface area contributed by atoms with E-state index in [-0.39, 0.29) is 5.91 Å². The van der Waals surface area contributed by atoms with Gasteiger partial charge in [-0.1, -0.05) is 24.3 Å². The van der Waals surface area contributed by atoms with Crippen molar-refractivity contribution in [3.8, 4) is 0 Å². The molecule has 0 saturated carbocycles. The third-order valence-corrected chi connectivity index (χ3v) is 3.15. The molecule has 106 valence electrons. The van der Waals surface area contributed by atoms with Crippen molar-refractivity contribution < 1.29 is 9.53 Å². The lowest BCUT2D eigenvalue weighted by molar-refractivity contribution is -0.131. The largest absolute Gasteiger partial charge is 0.383 e.